The average Bonchev–Trinajstić information content (AvgIpc) is 3.90. The first kappa shape index (κ1) is 33.4. The van der Waals surface area contributed by atoms with Crippen molar-refractivity contribution in [1.29, 1.82) is 0 Å². The molecule has 0 amide bonds. The number of hydrogen-bond donors (Lipinski definition) is 0. The van der Waals surface area contributed by atoms with E-state index in [0.29, 0.717) is 0 Å². The molecule has 3 nitrogen and oxygen atoms in total. The first-order valence-electron chi connectivity index (χ1n) is 20.9. The second-order valence-corrected chi connectivity index (χ2v) is 16.9. The molecule has 0 atom stereocenters. The van der Waals surface area contributed by atoms with Crippen LogP contribution >= 0.6 is 0 Å². The number of anilines is 3. The van der Waals surface area contributed by atoms with Gasteiger partial charge >= 0.3 is 0 Å². The molecular weight excluding hydrogens is 727 g/mol. The predicted molar refractivity (Wildman–Crippen MR) is 253 cm³/mol. The van der Waals surface area contributed by atoms with Crippen LogP contribution in [0.1, 0.15) is 25.0 Å². The van der Waals surface area contributed by atoms with Gasteiger partial charge in [-0.1, -0.05) is 153 Å². The predicted octanol–water partition coefficient (Wildman–Crippen LogP) is 15.4. The van der Waals surface area contributed by atoms with E-state index in [1.165, 1.54) is 99.2 Å². The van der Waals surface area contributed by atoms with Gasteiger partial charge in [-0.25, -0.2) is 0 Å². The molecule has 9 aromatic carbocycles. The van der Waals surface area contributed by atoms with Crippen LogP contribution in [0.15, 0.2) is 200 Å². The second-order valence-electron chi connectivity index (χ2n) is 16.9. The topological polar surface area (TPSA) is 12.1 Å². The second kappa shape index (κ2) is 12.2. The number of aromatic nitrogens is 2. The molecule has 0 N–H and O–H groups in total. The highest BCUT2D eigenvalue weighted by Crippen LogP contribution is 2.51. The van der Waals surface area contributed by atoms with E-state index in [0.717, 1.165) is 17.1 Å². The minimum absolute atomic E-state index is 0.0370. The van der Waals surface area contributed by atoms with Gasteiger partial charge in [0.15, 0.2) is 0 Å². The van der Waals surface area contributed by atoms with Crippen molar-refractivity contribution in [3.63, 3.8) is 0 Å². The number of fused-ring (bicyclic) bond motifs is 12. The molecule has 3 aromatic heterocycles. The SMILES string of the molecule is CC1(C)c2ccccc2-c2cc(N(c3ccccc3)c3ccc(-c4ccccc4-c4ccc5c(c4)n4c6ccccc6c6ccc7c8ccccc8n5c7c64)cc3)ccc21. The highest BCUT2D eigenvalue weighted by atomic mass is 15.1. The largest absolute Gasteiger partial charge is 0.310 e. The minimum atomic E-state index is -0.0370. The fraction of sp³-hybridized carbons (Fsp3) is 0.0526. The zero-order valence-corrected chi connectivity index (χ0v) is 33.4. The molecule has 1 aliphatic rings. The number of para-hydroxylation sites is 3. The molecule has 0 saturated carbocycles. The van der Waals surface area contributed by atoms with Crippen molar-refractivity contribution in [2.75, 3.05) is 4.90 Å². The Balaban J connectivity index is 0.963. The van der Waals surface area contributed by atoms with E-state index in [1.54, 1.807) is 0 Å². The van der Waals surface area contributed by atoms with E-state index in [4.69, 9.17) is 0 Å². The summed E-state index contributed by atoms with van der Waals surface area (Å²) in [6.45, 7) is 4.68. The maximum absolute atomic E-state index is 2.51. The van der Waals surface area contributed by atoms with Gasteiger partial charge in [0.05, 0.1) is 33.1 Å². The molecule has 0 spiro atoms. The summed E-state index contributed by atoms with van der Waals surface area (Å²) in [6, 6.07) is 74.0. The van der Waals surface area contributed by atoms with Gasteiger partial charge in [-0.2, -0.15) is 0 Å². The number of hydrogen-bond acceptors (Lipinski definition) is 1. The van der Waals surface area contributed by atoms with Crippen LogP contribution < -0.4 is 4.90 Å². The van der Waals surface area contributed by atoms with Crippen LogP contribution in [-0.4, -0.2) is 8.80 Å². The summed E-state index contributed by atoms with van der Waals surface area (Å²) in [5.41, 5.74) is 21.0. The fourth-order valence-electron chi connectivity index (χ4n) is 10.7. The first-order valence-corrected chi connectivity index (χ1v) is 20.9. The Morgan fingerprint density at radius 3 is 1.55 bits per heavy atom. The molecule has 3 heterocycles. The molecule has 1 aliphatic carbocycles. The Bertz CT molecular complexity index is 3680. The first-order chi connectivity index (χ1) is 29.5. The van der Waals surface area contributed by atoms with E-state index in [-0.39, 0.29) is 5.41 Å². The Morgan fingerprint density at radius 2 is 0.850 bits per heavy atom. The molecule has 0 unspecified atom stereocenters. The van der Waals surface area contributed by atoms with Gasteiger partial charge in [0, 0.05) is 44.0 Å². The van der Waals surface area contributed by atoms with Crippen molar-refractivity contribution in [3.8, 4) is 33.4 Å². The highest BCUT2D eigenvalue weighted by Gasteiger charge is 2.35. The normalized spacial score (nSPS) is 13.3. The van der Waals surface area contributed by atoms with Crippen molar-refractivity contribution in [2.24, 2.45) is 0 Å². The summed E-state index contributed by atoms with van der Waals surface area (Å²) in [6.07, 6.45) is 0. The molecular formula is C57H39N3. The minimum Gasteiger partial charge on any atom is -0.310 e. The van der Waals surface area contributed by atoms with Crippen LogP contribution in [0.4, 0.5) is 17.1 Å². The quantitative estimate of drug-likeness (QED) is 0.159. The van der Waals surface area contributed by atoms with E-state index in [2.05, 4.69) is 228 Å². The van der Waals surface area contributed by atoms with Crippen LogP contribution in [0.3, 0.4) is 0 Å². The van der Waals surface area contributed by atoms with Crippen molar-refractivity contribution in [3.05, 3.63) is 211 Å². The molecule has 60 heavy (non-hydrogen) atoms. The van der Waals surface area contributed by atoms with Crippen molar-refractivity contribution >= 4 is 71.7 Å². The van der Waals surface area contributed by atoms with Gasteiger partial charge in [0.1, 0.15) is 0 Å². The highest BCUT2D eigenvalue weighted by molar-refractivity contribution is 6.25. The molecule has 0 radical (unpaired) electrons. The lowest BCUT2D eigenvalue weighted by Crippen LogP contribution is -2.15. The van der Waals surface area contributed by atoms with Gasteiger partial charge in [0.2, 0.25) is 0 Å². The van der Waals surface area contributed by atoms with Gasteiger partial charge in [-0.3, -0.25) is 0 Å². The lowest BCUT2D eigenvalue weighted by Gasteiger charge is -2.27. The standard InChI is InChI=1S/C57H39N3/c1-57(2)49-21-11-8-18-43(49)48-35-40(29-32-50(48)57)58(38-14-4-3-5-15-38)39-27-24-36(25-28-39)41-16-6-7-17-42(41)37-26-33-53-54(34-37)60-52-23-13-10-20-45(52)47-31-30-46-44-19-9-12-22-51(44)59(53)55(46)56(47)60/h3-35H,1-2H3. The van der Waals surface area contributed by atoms with Gasteiger partial charge in [0.25, 0.3) is 0 Å². The van der Waals surface area contributed by atoms with Crippen LogP contribution in [0.5, 0.6) is 0 Å². The third kappa shape index (κ3) is 4.49. The Hall–Kier alpha value is -7.62. The molecule has 3 heteroatoms. The summed E-state index contributed by atoms with van der Waals surface area (Å²) in [5, 5.41) is 5.15. The zero-order valence-electron chi connectivity index (χ0n) is 33.4. The van der Waals surface area contributed by atoms with Crippen LogP contribution in [0, 0.1) is 0 Å². The van der Waals surface area contributed by atoms with Crippen LogP contribution in [-0.2, 0) is 5.41 Å². The molecule has 12 aromatic rings. The molecule has 282 valence electrons. The zero-order chi connectivity index (χ0) is 39.7. The lowest BCUT2D eigenvalue weighted by molar-refractivity contribution is 0.660. The lowest BCUT2D eigenvalue weighted by atomic mass is 9.82. The maximum atomic E-state index is 2.51. The van der Waals surface area contributed by atoms with Crippen LogP contribution in [0.25, 0.3) is 88.0 Å². The van der Waals surface area contributed by atoms with Gasteiger partial charge in [-0.05, 0) is 105 Å². The van der Waals surface area contributed by atoms with Crippen molar-refractivity contribution in [2.45, 2.75) is 19.3 Å². The third-order valence-electron chi connectivity index (χ3n) is 13.4. The number of rotatable bonds is 5. The average molecular weight is 766 g/mol. The van der Waals surface area contributed by atoms with E-state index in [1.807, 2.05) is 0 Å². The van der Waals surface area contributed by atoms with E-state index in [9.17, 15) is 0 Å². The molecule has 0 saturated heterocycles. The Morgan fingerprint density at radius 1 is 0.333 bits per heavy atom. The molecule has 0 aliphatic heterocycles. The number of benzene rings is 9. The Kier molecular flexibility index (Phi) is 6.78. The maximum Gasteiger partial charge on any atom is 0.0789 e. The van der Waals surface area contributed by atoms with Gasteiger partial charge < -0.3 is 13.7 Å². The molecule has 0 fully saturated rings. The van der Waals surface area contributed by atoms with Crippen molar-refractivity contribution < 1.29 is 0 Å². The molecule has 0 bridgehead atoms. The molecule has 13 rings (SSSR count). The van der Waals surface area contributed by atoms with Crippen molar-refractivity contribution in [1.82, 2.24) is 8.80 Å². The summed E-state index contributed by atoms with van der Waals surface area (Å²) in [5.74, 6) is 0. The monoisotopic (exact) mass is 765 g/mol. The summed E-state index contributed by atoms with van der Waals surface area (Å²) in [4.78, 5) is 2.38. The smallest absolute Gasteiger partial charge is 0.0789 e. The van der Waals surface area contributed by atoms with E-state index >= 15 is 0 Å². The summed E-state index contributed by atoms with van der Waals surface area (Å²) in [7, 11) is 0. The van der Waals surface area contributed by atoms with Gasteiger partial charge in [-0.15, -0.1) is 0 Å². The number of nitrogens with zero attached hydrogens (tertiary/aromatic N) is 3. The summed E-state index contributed by atoms with van der Waals surface area (Å²) >= 11 is 0. The Labute approximate surface area is 348 Å². The van der Waals surface area contributed by atoms with E-state index < -0.39 is 0 Å². The fourth-order valence-corrected chi connectivity index (χ4v) is 10.7. The third-order valence-corrected chi connectivity index (χ3v) is 13.4. The van der Waals surface area contributed by atoms with Crippen LogP contribution in [0.2, 0.25) is 0 Å². The summed E-state index contributed by atoms with van der Waals surface area (Å²) < 4.78 is 5.01.